The topological polar surface area (TPSA) is 88.6 Å². The van der Waals surface area contributed by atoms with Crippen molar-refractivity contribution < 1.29 is 19.1 Å². The molecule has 0 aliphatic carbocycles. The zero-order valence-corrected chi connectivity index (χ0v) is 15.5. The molecule has 0 unspecified atom stereocenters. The van der Waals surface area contributed by atoms with Crippen LogP contribution in [-0.4, -0.2) is 47.9 Å². The number of pyridine rings is 1. The van der Waals surface area contributed by atoms with Crippen molar-refractivity contribution in [3.8, 4) is 0 Å². The Labute approximate surface area is 158 Å². The van der Waals surface area contributed by atoms with E-state index in [0.717, 1.165) is 5.56 Å². The molecule has 27 heavy (non-hydrogen) atoms. The Morgan fingerprint density at radius 3 is 2.52 bits per heavy atom. The van der Waals surface area contributed by atoms with Gasteiger partial charge in [0, 0.05) is 26.0 Å². The minimum Gasteiger partial charge on any atom is -0.462 e. The molecule has 1 aromatic heterocycles. The van der Waals surface area contributed by atoms with Crippen molar-refractivity contribution in [1.29, 1.82) is 0 Å². The Hall–Kier alpha value is -3.22. The van der Waals surface area contributed by atoms with E-state index >= 15 is 0 Å². The standard InChI is InChI=1S/C20H23N3O4/c1-3-27-20(26)16-6-4-5-7-17(16)22-18(24)14-19(25)23(2)13-10-15-8-11-21-12-9-15/h4-9,11-12H,3,10,13-14H2,1-2H3,(H,22,24). The van der Waals surface area contributed by atoms with E-state index in [4.69, 9.17) is 4.74 Å². The van der Waals surface area contributed by atoms with Gasteiger partial charge in [-0.05, 0) is 43.2 Å². The van der Waals surface area contributed by atoms with E-state index in [-0.39, 0.29) is 24.5 Å². The van der Waals surface area contributed by atoms with Crippen LogP contribution in [-0.2, 0) is 20.7 Å². The first-order valence-corrected chi connectivity index (χ1v) is 8.70. The van der Waals surface area contributed by atoms with Gasteiger partial charge >= 0.3 is 5.97 Å². The summed E-state index contributed by atoms with van der Waals surface area (Å²) in [6.07, 6.45) is 3.78. The lowest BCUT2D eigenvalue weighted by atomic mass is 10.1. The van der Waals surface area contributed by atoms with E-state index in [2.05, 4.69) is 10.3 Å². The highest BCUT2D eigenvalue weighted by molar-refractivity contribution is 6.06. The van der Waals surface area contributed by atoms with Crippen LogP contribution in [0.15, 0.2) is 48.8 Å². The lowest BCUT2D eigenvalue weighted by molar-refractivity contribution is -0.133. The summed E-state index contributed by atoms with van der Waals surface area (Å²) in [5, 5.41) is 2.61. The number of rotatable bonds is 8. The molecule has 0 radical (unpaired) electrons. The zero-order valence-electron chi connectivity index (χ0n) is 15.5. The summed E-state index contributed by atoms with van der Waals surface area (Å²) in [5.41, 5.74) is 1.65. The molecule has 0 saturated heterocycles. The number of para-hydroxylation sites is 1. The minimum absolute atomic E-state index is 0.238. The van der Waals surface area contributed by atoms with Crippen LogP contribution < -0.4 is 5.32 Å². The average Bonchev–Trinajstić information content (AvgIpc) is 2.67. The smallest absolute Gasteiger partial charge is 0.340 e. The monoisotopic (exact) mass is 369 g/mol. The molecule has 0 fully saturated rings. The molecule has 0 saturated carbocycles. The van der Waals surface area contributed by atoms with Gasteiger partial charge in [0.15, 0.2) is 0 Å². The minimum atomic E-state index is -0.519. The Kier molecular flexibility index (Phi) is 7.49. The molecule has 7 heteroatoms. The van der Waals surface area contributed by atoms with Crippen molar-refractivity contribution in [3.63, 3.8) is 0 Å². The second kappa shape index (κ2) is 10.1. The van der Waals surface area contributed by atoms with E-state index in [1.54, 1.807) is 50.6 Å². The predicted molar refractivity (Wildman–Crippen MR) is 101 cm³/mol. The number of anilines is 1. The molecular formula is C20H23N3O4. The first-order valence-electron chi connectivity index (χ1n) is 8.70. The maximum absolute atomic E-state index is 12.2. The molecule has 2 aromatic rings. The fourth-order valence-corrected chi connectivity index (χ4v) is 2.42. The third kappa shape index (κ3) is 6.22. The number of hydrogen-bond acceptors (Lipinski definition) is 5. The van der Waals surface area contributed by atoms with E-state index in [0.29, 0.717) is 18.7 Å². The maximum Gasteiger partial charge on any atom is 0.340 e. The second-order valence-electron chi connectivity index (χ2n) is 5.91. The summed E-state index contributed by atoms with van der Waals surface area (Å²) in [6, 6.07) is 10.3. The summed E-state index contributed by atoms with van der Waals surface area (Å²) in [7, 11) is 1.66. The van der Waals surface area contributed by atoms with Crippen LogP contribution in [0.25, 0.3) is 0 Å². The number of benzene rings is 1. The largest absolute Gasteiger partial charge is 0.462 e. The molecule has 1 aromatic carbocycles. The van der Waals surface area contributed by atoms with Gasteiger partial charge in [-0.1, -0.05) is 12.1 Å². The van der Waals surface area contributed by atoms with Crippen molar-refractivity contribution in [2.24, 2.45) is 0 Å². The van der Waals surface area contributed by atoms with Gasteiger partial charge in [0.2, 0.25) is 11.8 Å². The molecule has 0 spiro atoms. The molecule has 7 nitrogen and oxygen atoms in total. The number of nitrogens with zero attached hydrogens (tertiary/aromatic N) is 2. The molecule has 2 amide bonds. The lowest BCUT2D eigenvalue weighted by Crippen LogP contribution is -2.32. The highest BCUT2D eigenvalue weighted by Crippen LogP contribution is 2.16. The van der Waals surface area contributed by atoms with E-state index in [1.165, 1.54) is 4.90 Å². The average molecular weight is 369 g/mol. The van der Waals surface area contributed by atoms with Crippen LogP contribution in [0.4, 0.5) is 5.69 Å². The lowest BCUT2D eigenvalue weighted by Gasteiger charge is -2.17. The number of carbonyl (C=O) groups excluding carboxylic acids is 3. The number of ether oxygens (including phenoxy) is 1. The van der Waals surface area contributed by atoms with Crippen LogP contribution in [0, 0.1) is 0 Å². The SMILES string of the molecule is CCOC(=O)c1ccccc1NC(=O)CC(=O)N(C)CCc1ccncc1. The van der Waals surface area contributed by atoms with Crippen molar-refractivity contribution in [1.82, 2.24) is 9.88 Å². The van der Waals surface area contributed by atoms with E-state index in [9.17, 15) is 14.4 Å². The van der Waals surface area contributed by atoms with Crippen molar-refractivity contribution in [2.75, 3.05) is 25.5 Å². The van der Waals surface area contributed by atoms with Crippen LogP contribution in [0.1, 0.15) is 29.3 Å². The number of nitrogens with one attached hydrogen (secondary N) is 1. The molecular weight excluding hydrogens is 346 g/mol. The van der Waals surface area contributed by atoms with Gasteiger partial charge < -0.3 is 15.0 Å². The molecule has 0 atom stereocenters. The molecule has 142 valence electrons. The molecule has 1 N–H and O–H groups in total. The number of likely N-dealkylation sites (N-methyl/N-ethyl adjacent to an activating group) is 1. The zero-order chi connectivity index (χ0) is 19.6. The number of carbonyl (C=O) groups is 3. The third-order valence-electron chi connectivity index (χ3n) is 3.92. The molecule has 0 bridgehead atoms. The maximum atomic E-state index is 12.2. The van der Waals surface area contributed by atoms with E-state index < -0.39 is 11.9 Å². The molecule has 2 rings (SSSR count). The van der Waals surface area contributed by atoms with Crippen molar-refractivity contribution in [3.05, 3.63) is 59.9 Å². The van der Waals surface area contributed by atoms with Gasteiger partial charge in [-0.25, -0.2) is 4.79 Å². The van der Waals surface area contributed by atoms with Crippen LogP contribution in [0.2, 0.25) is 0 Å². The molecule has 1 heterocycles. The normalized spacial score (nSPS) is 10.1. The Balaban J connectivity index is 1.89. The predicted octanol–water partition coefficient (Wildman–Crippen LogP) is 2.29. The Bertz CT molecular complexity index is 793. The summed E-state index contributed by atoms with van der Waals surface area (Å²) >= 11 is 0. The van der Waals surface area contributed by atoms with Crippen LogP contribution in [0.5, 0.6) is 0 Å². The summed E-state index contributed by atoms with van der Waals surface area (Å²) in [6.45, 7) is 2.44. The van der Waals surface area contributed by atoms with Gasteiger partial charge in [-0.2, -0.15) is 0 Å². The fraction of sp³-hybridized carbons (Fsp3) is 0.300. The summed E-state index contributed by atoms with van der Waals surface area (Å²) in [4.78, 5) is 41.9. The quantitative estimate of drug-likeness (QED) is 0.570. The highest BCUT2D eigenvalue weighted by atomic mass is 16.5. The number of amides is 2. The number of hydrogen-bond donors (Lipinski definition) is 1. The van der Waals surface area contributed by atoms with Crippen molar-refractivity contribution in [2.45, 2.75) is 19.8 Å². The van der Waals surface area contributed by atoms with Gasteiger partial charge in [-0.15, -0.1) is 0 Å². The fourth-order valence-electron chi connectivity index (χ4n) is 2.42. The number of esters is 1. The highest BCUT2D eigenvalue weighted by Gasteiger charge is 2.17. The number of aromatic nitrogens is 1. The summed E-state index contributed by atoms with van der Waals surface area (Å²) < 4.78 is 4.97. The van der Waals surface area contributed by atoms with Gasteiger partial charge in [0.1, 0.15) is 6.42 Å². The second-order valence-corrected chi connectivity index (χ2v) is 5.91. The molecule has 0 aliphatic rings. The third-order valence-corrected chi connectivity index (χ3v) is 3.92. The Morgan fingerprint density at radius 1 is 1.11 bits per heavy atom. The summed E-state index contributed by atoms with van der Waals surface area (Å²) in [5.74, 6) is -1.29. The van der Waals surface area contributed by atoms with Gasteiger partial charge in [-0.3, -0.25) is 14.6 Å². The van der Waals surface area contributed by atoms with Crippen LogP contribution in [0.3, 0.4) is 0 Å². The van der Waals surface area contributed by atoms with Gasteiger partial charge in [0.25, 0.3) is 0 Å². The van der Waals surface area contributed by atoms with E-state index in [1.807, 2.05) is 12.1 Å². The van der Waals surface area contributed by atoms with Crippen LogP contribution >= 0.6 is 0 Å². The first-order chi connectivity index (χ1) is 13.0. The molecule has 0 aliphatic heterocycles. The van der Waals surface area contributed by atoms with Crippen molar-refractivity contribution >= 4 is 23.5 Å². The first kappa shape index (κ1) is 20.1. The van der Waals surface area contributed by atoms with Gasteiger partial charge in [0.05, 0.1) is 17.9 Å². The Morgan fingerprint density at radius 2 is 1.81 bits per heavy atom.